The third kappa shape index (κ3) is 2.08. The lowest BCUT2D eigenvalue weighted by Crippen LogP contribution is -2.67. The smallest absolute Gasteiger partial charge is 0.0534 e. The maximum absolute atomic E-state index is 4.43. The molecule has 2 atom stereocenters. The number of fused-ring (bicyclic) bond motifs is 2. The van der Waals surface area contributed by atoms with Crippen LogP contribution in [0.1, 0.15) is 38.8 Å². The third-order valence-corrected chi connectivity index (χ3v) is 4.42. The number of hydrogen-bond donors (Lipinski definition) is 0. The molecule has 3 aliphatic heterocycles. The van der Waals surface area contributed by atoms with E-state index in [2.05, 4.69) is 46.5 Å². The number of hydrogen-bond acceptors (Lipinski definition) is 3. The van der Waals surface area contributed by atoms with Crippen LogP contribution in [0.5, 0.6) is 0 Å². The van der Waals surface area contributed by atoms with Crippen LogP contribution in [0.25, 0.3) is 0 Å². The van der Waals surface area contributed by atoms with Gasteiger partial charge >= 0.3 is 0 Å². The van der Waals surface area contributed by atoms with Crippen LogP contribution in [-0.4, -0.2) is 51.3 Å². The lowest BCUT2D eigenvalue weighted by Gasteiger charge is -2.56. The van der Waals surface area contributed by atoms with Crippen molar-refractivity contribution >= 4 is 0 Å². The van der Waals surface area contributed by atoms with E-state index in [0.717, 1.165) is 18.6 Å². The van der Waals surface area contributed by atoms with Gasteiger partial charge in [0.2, 0.25) is 0 Å². The predicted octanol–water partition coefficient (Wildman–Crippen LogP) is 1.74. The molecule has 0 aliphatic carbocycles. The number of piperidine rings is 1. The average Bonchev–Trinajstić information content (AvgIpc) is 2.85. The molecule has 0 amide bonds. The highest BCUT2D eigenvalue weighted by Crippen LogP contribution is 2.33. The molecule has 100 valence electrons. The van der Waals surface area contributed by atoms with Crippen molar-refractivity contribution in [1.82, 2.24) is 19.6 Å². The minimum Gasteiger partial charge on any atom is -0.301 e. The van der Waals surface area contributed by atoms with Crippen molar-refractivity contribution in [1.29, 1.82) is 0 Å². The third-order valence-electron chi connectivity index (χ3n) is 4.42. The highest BCUT2D eigenvalue weighted by Gasteiger charge is 2.43. The summed E-state index contributed by atoms with van der Waals surface area (Å²) >= 11 is 0. The number of rotatable bonds is 4. The molecule has 3 saturated heterocycles. The van der Waals surface area contributed by atoms with Crippen molar-refractivity contribution < 1.29 is 0 Å². The molecule has 1 aromatic rings. The first-order valence-corrected chi connectivity index (χ1v) is 7.18. The van der Waals surface area contributed by atoms with E-state index in [1.165, 1.54) is 31.6 Å². The Morgan fingerprint density at radius 1 is 1.33 bits per heavy atom. The summed E-state index contributed by atoms with van der Waals surface area (Å²) in [6.07, 6.45) is 5.64. The molecule has 0 radical (unpaired) electrons. The number of aromatic nitrogens is 2. The molecule has 18 heavy (non-hydrogen) atoms. The Morgan fingerprint density at radius 3 is 2.61 bits per heavy atom. The zero-order valence-electron chi connectivity index (χ0n) is 11.7. The molecule has 3 fully saturated rings. The molecular weight excluding hydrogens is 224 g/mol. The van der Waals surface area contributed by atoms with Gasteiger partial charge < -0.3 is 4.90 Å². The van der Waals surface area contributed by atoms with Crippen LogP contribution in [0.4, 0.5) is 0 Å². The molecule has 2 bridgehead atoms. The molecule has 3 aliphatic rings. The zero-order valence-corrected chi connectivity index (χ0v) is 11.7. The minimum atomic E-state index is 0.463. The van der Waals surface area contributed by atoms with Gasteiger partial charge in [0.1, 0.15) is 0 Å². The monoisotopic (exact) mass is 248 g/mol. The van der Waals surface area contributed by atoms with Gasteiger partial charge in [-0.1, -0.05) is 6.92 Å². The van der Waals surface area contributed by atoms with Crippen molar-refractivity contribution in [2.24, 2.45) is 0 Å². The van der Waals surface area contributed by atoms with E-state index < -0.39 is 0 Å². The molecule has 0 saturated carbocycles. The summed E-state index contributed by atoms with van der Waals surface area (Å²) in [4.78, 5) is 5.24. The first kappa shape index (κ1) is 12.2. The second-order valence-corrected chi connectivity index (χ2v) is 5.99. The van der Waals surface area contributed by atoms with E-state index in [9.17, 15) is 0 Å². The molecule has 4 heteroatoms. The number of piperazine rings is 1. The number of nitrogens with zero attached hydrogens (tertiary/aromatic N) is 4. The highest BCUT2D eigenvalue weighted by atomic mass is 15.4. The summed E-state index contributed by atoms with van der Waals surface area (Å²) in [5.74, 6) is 0. The van der Waals surface area contributed by atoms with Crippen LogP contribution in [-0.2, 0) is 6.54 Å². The Hall–Kier alpha value is -0.870. The van der Waals surface area contributed by atoms with Crippen LogP contribution >= 0.6 is 0 Å². The Kier molecular flexibility index (Phi) is 3.16. The van der Waals surface area contributed by atoms with E-state index in [1.54, 1.807) is 0 Å². The molecule has 0 aromatic carbocycles. The van der Waals surface area contributed by atoms with E-state index >= 15 is 0 Å². The van der Waals surface area contributed by atoms with Gasteiger partial charge in [-0.3, -0.25) is 9.58 Å². The largest absolute Gasteiger partial charge is 0.301 e. The Morgan fingerprint density at radius 2 is 2.06 bits per heavy atom. The topological polar surface area (TPSA) is 24.3 Å². The summed E-state index contributed by atoms with van der Waals surface area (Å²) in [7, 11) is 0. The van der Waals surface area contributed by atoms with E-state index in [4.69, 9.17) is 0 Å². The van der Waals surface area contributed by atoms with Crippen molar-refractivity contribution in [2.75, 3.05) is 19.6 Å². The molecular formula is C14H24N4. The summed E-state index contributed by atoms with van der Waals surface area (Å²) in [5, 5.41) is 4.43. The van der Waals surface area contributed by atoms with Crippen molar-refractivity contribution in [3.63, 3.8) is 0 Å². The van der Waals surface area contributed by atoms with Gasteiger partial charge in [0.05, 0.1) is 6.20 Å². The molecule has 2 unspecified atom stereocenters. The summed E-state index contributed by atoms with van der Waals surface area (Å²) in [6.45, 7) is 11.4. The quantitative estimate of drug-likeness (QED) is 0.811. The Bertz CT molecular complexity index is 400. The zero-order chi connectivity index (χ0) is 12.7. The maximum Gasteiger partial charge on any atom is 0.0534 e. The summed E-state index contributed by atoms with van der Waals surface area (Å²) in [6, 6.07) is 2.03. The standard InChI is InChI=1S/C14H24N4/c1-4-16-9-13-5-14(10-16)17(13)7-12-6-15-18(8-12)11(2)3/h6,8,11,13-14H,4-5,7,9-10H2,1-3H3. The lowest BCUT2D eigenvalue weighted by molar-refractivity contribution is -0.0732. The maximum atomic E-state index is 4.43. The van der Waals surface area contributed by atoms with Crippen LogP contribution < -0.4 is 0 Å². The lowest BCUT2D eigenvalue weighted by atomic mass is 9.87. The highest BCUT2D eigenvalue weighted by molar-refractivity contribution is 5.09. The van der Waals surface area contributed by atoms with Crippen LogP contribution in [0.15, 0.2) is 12.4 Å². The molecule has 4 rings (SSSR count). The van der Waals surface area contributed by atoms with E-state index in [1.807, 2.05) is 6.20 Å². The fourth-order valence-corrected chi connectivity index (χ4v) is 3.24. The summed E-state index contributed by atoms with van der Waals surface area (Å²) in [5.41, 5.74) is 1.36. The number of likely N-dealkylation sites (N-methyl/N-ethyl adjacent to an activating group) is 1. The van der Waals surface area contributed by atoms with Crippen LogP contribution in [0.2, 0.25) is 0 Å². The predicted molar refractivity (Wildman–Crippen MR) is 72.5 cm³/mol. The minimum absolute atomic E-state index is 0.463. The van der Waals surface area contributed by atoms with Crippen LogP contribution in [0.3, 0.4) is 0 Å². The van der Waals surface area contributed by atoms with Crippen molar-refractivity contribution in [2.45, 2.75) is 51.9 Å². The Labute approximate surface area is 110 Å². The van der Waals surface area contributed by atoms with Crippen molar-refractivity contribution in [3.8, 4) is 0 Å². The molecule has 0 spiro atoms. The van der Waals surface area contributed by atoms with Gasteiger partial charge in [-0.25, -0.2) is 0 Å². The second-order valence-electron chi connectivity index (χ2n) is 5.99. The molecule has 0 N–H and O–H groups in total. The van der Waals surface area contributed by atoms with Gasteiger partial charge in [-0.2, -0.15) is 5.10 Å². The SMILES string of the molecule is CCN1CC2CC(C1)N2Cc1cnn(C(C)C)c1. The van der Waals surface area contributed by atoms with Gasteiger partial charge in [0, 0.05) is 49.5 Å². The first-order valence-electron chi connectivity index (χ1n) is 7.18. The van der Waals surface area contributed by atoms with E-state index in [-0.39, 0.29) is 0 Å². The molecule has 1 aromatic heterocycles. The van der Waals surface area contributed by atoms with Crippen molar-refractivity contribution in [3.05, 3.63) is 18.0 Å². The summed E-state index contributed by atoms with van der Waals surface area (Å²) < 4.78 is 2.06. The first-order chi connectivity index (χ1) is 8.67. The molecule has 4 nitrogen and oxygen atoms in total. The van der Waals surface area contributed by atoms with Gasteiger partial charge in [0.15, 0.2) is 0 Å². The normalized spacial score (nSPS) is 28.7. The average molecular weight is 248 g/mol. The van der Waals surface area contributed by atoms with Gasteiger partial charge in [0.25, 0.3) is 0 Å². The fraction of sp³-hybridized carbons (Fsp3) is 0.786. The molecule has 4 heterocycles. The fourth-order valence-electron chi connectivity index (χ4n) is 3.24. The van der Waals surface area contributed by atoms with Crippen LogP contribution in [0, 0.1) is 0 Å². The van der Waals surface area contributed by atoms with E-state index in [0.29, 0.717) is 6.04 Å². The Balaban J connectivity index is 1.61. The second kappa shape index (κ2) is 4.67. The van der Waals surface area contributed by atoms with Gasteiger partial charge in [-0.05, 0) is 26.8 Å². The van der Waals surface area contributed by atoms with Gasteiger partial charge in [-0.15, -0.1) is 0 Å².